The number of hydrogen-bond donors (Lipinski definition) is 0. The van der Waals surface area contributed by atoms with Gasteiger partial charge < -0.3 is 14.4 Å². The van der Waals surface area contributed by atoms with Crippen LogP contribution in [0.1, 0.15) is 21.7 Å². The van der Waals surface area contributed by atoms with Gasteiger partial charge in [0.15, 0.2) is 5.13 Å². The zero-order valence-electron chi connectivity index (χ0n) is 13.2. The van der Waals surface area contributed by atoms with E-state index in [1.165, 1.54) is 42.8 Å². The summed E-state index contributed by atoms with van der Waals surface area (Å²) in [6.45, 7) is 0.993. The summed E-state index contributed by atoms with van der Waals surface area (Å²) in [5.41, 5.74) is -0.782. The van der Waals surface area contributed by atoms with Crippen molar-refractivity contribution >= 4 is 22.4 Å². The Morgan fingerprint density at radius 1 is 1.36 bits per heavy atom. The Morgan fingerprint density at radius 3 is 2.84 bits per heavy atom. The van der Waals surface area contributed by atoms with Crippen molar-refractivity contribution in [3.63, 3.8) is 0 Å². The molecule has 134 valence electrons. The first-order valence-corrected chi connectivity index (χ1v) is 8.32. The Balaban J connectivity index is 1.68. The fourth-order valence-corrected chi connectivity index (χ4v) is 3.46. The average molecular weight is 372 g/mol. The summed E-state index contributed by atoms with van der Waals surface area (Å²) in [6, 6.07) is 5.18. The molecular formula is C16H15F3N2O3S. The minimum absolute atomic E-state index is 0.170. The molecule has 1 aliphatic heterocycles. The molecule has 0 spiro atoms. The van der Waals surface area contributed by atoms with Crippen LogP contribution in [-0.4, -0.2) is 37.3 Å². The molecule has 0 radical (unpaired) electrons. The van der Waals surface area contributed by atoms with E-state index in [0.29, 0.717) is 29.5 Å². The monoisotopic (exact) mass is 372 g/mol. The fraction of sp³-hybridized carbons (Fsp3) is 0.375. The number of carbonyl (C=O) groups excluding carboxylic acids is 1. The Hall–Kier alpha value is -2.29. The van der Waals surface area contributed by atoms with Gasteiger partial charge in [-0.2, -0.15) is 13.2 Å². The van der Waals surface area contributed by atoms with Gasteiger partial charge >= 0.3 is 12.1 Å². The zero-order valence-corrected chi connectivity index (χ0v) is 14.1. The summed E-state index contributed by atoms with van der Waals surface area (Å²) < 4.78 is 49.3. The molecule has 2 heterocycles. The van der Waals surface area contributed by atoms with Crippen molar-refractivity contribution in [1.82, 2.24) is 4.98 Å². The van der Waals surface area contributed by atoms with Gasteiger partial charge in [-0.3, -0.25) is 0 Å². The number of rotatable bonds is 4. The first-order valence-electron chi connectivity index (χ1n) is 7.50. The third kappa shape index (κ3) is 3.87. The number of halogens is 3. The highest BCUT2D eigenvalue weighted by molar-refractivity contribution is 7.17. The summed E-state index contributed by atoms with van der Waals surface area (Å²) in [4.78, 5) is 17.9. The van der Waals surface area contributed by atoms with Crippen LogP contribution in [0.15, 0.2) is 30.5 Å². The number of carbonyl (C=O) groups is 1. The van der Waals surface area contributed by atoms with E-state index < -0.39 is 17.7 Å². The second kappa shape index (κ2) is 6.91. The van der Waals surface area contributed by atoms with Gasteiger partial charge in [0.1, 0.15) is 16.7 Å². The molecule has 25 heavy (non-hydrogen) atoms. The number of thiazole rings is 1. The third-order valence-corrected chi connectivity index (χ3v) is 4.82. The van der Waals surface area contributed by atoms with Crippen molar-refractivity contribution in [2.24, 2.45) is 0 Å². The lowest BCUT2D eigenvalue weighted by atomic mass is 10.2. The third-order valence-electron chi connectivity index (χ3n) is 3.78. The van der Waals surface area contributed by atoms with Crippen LogP contribution in [0, 0.1) is 0 Å². The van der Waals surface area contributed by atoms with Crippen LogP contribution in [0.4, 0.5) is 18.3 Å². The summed E-state index contributed by atoms with van der Waals surface area (Å²) in [7, 11) is 1.29. The minimum Gasteiger partial charge on any atom is -0.488 e. The number of aromatic nitrogens is 1. The van der Waals surface area contributed by atoms with Gasteiger partial charge in [-0.05, 0) is 12.1 Å². The van der Waals surface area contributed by atoms with Gasteiger partial charge in [0.25, 0.3) is 0 Å². The molecule has 2 aromatic rings. The highest BCUT2D eigenvalue weighted by Gasteiger charge is 2.35. The van der Waals surface area contributed by atoms with Crippen molar-refractivity contribution in [1.29, 1.82) is 0 Å². The number of benzene rings is 1. The molecule has 0 bridgehead atoms. The normalized spacial score (nSPS) is 17.6. The zero-order chi connectivity index (χ0) is 18.0. The molecule has 1 saturated heterocycles. The van der Waals surface area contributed by atoms with Crippen LogP contribution < -0.4 is 9.64 Å². The van der Waals surface area contributed by atoms with Crippen LogP contribution in [0.3, 0.4) is 0 Å². The van der Waals surface area contributed by atoms with E-state index in [2.05, 4.69) is 9.72 Å². The number of para-hydroxylation sites is 1. The molecule has 0 amide bonds. The molecule has 0 aliphatic carbocycles. The van der Waals surface area contributed by atoms with Crippen LogP contribution in [-0.2, 0) is 10.9 Å². The fourth-order valence-electron chi connectivity index (χ4n) is 2.59. The molecule has 3 rings (SSSR count). The predicted molar refractivity (Wildman–Crippen MR) is 86.1 cm³/mol. The van der Waals surface area contributed by atoms with E-state index in [1.54, 1.807) is 0 Å². The Kier molecular flexibility index (Phi) is 4.85. The van der Waals surface area contributed by atoms with E-state index in [9.17, 15) is 18.0 Å². The van der Waals surface area contributed by atoms with Crippen molar-refractivity contribution in [3.8, 4) is 5.75 Å². The van der Waals surface area contributed by atoms with Crippen LogP contribution >= 0.6 is 11.3 Å². The lowest BCUT2D eigenvalue weighted by Gasteiger charge is -2.19. The lowest BCUT2D eigenvalue weighted by Crippen LogP contribution is -2.25. The van der Waals surface area contributed by atoms with Crippen LogP contribution in [0.25, 0.3) is 0 Å². The molecule has 0 N–H and O–H groups in total. The van der Waals surface area contributed by atoms with Gasteiger partial charge in [0.2, 0.25) is 0 Å². The van der Waals surface area contributed by atoms with E-state index >= 15 is 0 Å². The quantitative estimate of drug-likeness (QED) is 0.768. The summed E-state index contributed by atoms with van der Waals surface area (Å²) in [5, 5.41) is 0.621. The average Bonchev–Trinajstić information content (AvgIpc) is 3.22. The molecule has 1 aromatic carbocycles. The van der Waals surface area contributed by atoms with Crippen molar-refractivity contribution < 1.29 is 27.4 Å². The number of ether oxygens (including phenoxy) is 2. The number of hydrogen-bond acceptors (Lipinski definition) is 6. The van der Waals surface area contributed by atoms with Crippen molar-refractivity contribution in [2.75, 3.05) is 25.1 Å². The summed E-state index contributed by atoms with van der Waals surface area (Å²) >= 11 is 1.18. The maximum Gasteiger partial charge on any atom is 0.419 e. The molecule has 5 nitrogen and oxygen atoms in total. The number of anilines is 1. The Morgan fingerprint density at radius 2 is 2.12 bits per heavy atom. The SMILES string of the molecule is COC(=O)c1cnc(N2CCC(Oc3ccccc3C(F)(F)F)C2)s1. The van der Waals surface area contributed by atoms with Gasteiger partial charge in [0, 0.05) is 13.0 Å². The Labute approximate surface area is 146 Å². The van der Waals surface area contributed by atoms with Crippen molar-refractivity contribution in [2.45, 2.75) is 18.7 Å². The standard InChI is InChI=1S/C16H15F3N2O3S/c1-23-14(22)13-8-20-15(25-13)21-7-6-10(9-21)24-12-5-3-2-4-11(12)16(17,18)19/h2-5,8,10H,6-7,9H2,1H3. The maximum absolute atomic E-state index is 13.0. The van der Waals surface area contributed by atoms with E-state index in [4.69, 9.17) is 4.74 Å². The molecule has 1 fully saturated rings. The first-order chi connectivity index (χ1) is 11.9. The second-order valence-electron chi connectivity index (χ2n) is 5.47. The molecule has 1 aliphatic rings. The van der Waals surface area contributed by atoms with Gasteiger partial charge in [0.05, 0.1) is 25.4 Å². The van der Waals surface area contributed by atoms with E-state index in [0.717, 1.165) is 6.07 Å². The number of nitrogens with zero attached hydrogens (tertiary/aromatic N) is 2. The van der Waals surface area contributed by atoms with Crippen LogP contribution in [0.2, 0.25) is 0 Å². The topological polar surface area (TPSA) is 51.7 Å². The molecule has 1 atom stereocenters. The Bertz CT molecular complexity index is 763. The van der Waals surface area contributed by atoms with Gasteiger partial charge in [-0.15, -0.1) is 0 Å². The largest absolute Gasteiger partial charge is 0.488 e. The first kappa shape index (κ1) is 17.5. The minimum atomic E-state index is -4.46. The molecule has 1 aromatic heterocycles. The molecule has 9 heteroatoms. The number of methoxy groups -OCH3 is 1. The van der Waals surface area contributed by atoms with Crippen molar-refractivity contribution in [3.05, 3.63) is 40.9 Å². The van der Waals surface area contributed by atoms with Crippen LogP contribution in [0.5, 0.6) is 5.75 Å². The van der Waals surface area contributed by atoms with Gasteiger partial charge in [-0.25, -0.2) is 9.78 Å². The van der Waals surface area contributed by atoms with E-state index in [-0.39, 0.29) is 11.9 Å². The highest BCUT2D eigenvalue weighted by atomic mass is 32.1. The lowest BCUT2D eigenvalue weighted by molar-refractivity contribution is -0.139. The number of esters is 1. The maximum atomic E-state index is 13.0. The molecule has 1 unspecified atom stereocenters. The summed E-state index contributed by atoms with van der Waals surface area (Å²) in [5.74, 6) is -0.633. The number of alkyl halides is 3. The molecular weight excluding hydrogens is 357 g/mol. The smallest absolute Gasteiger partial charge is 0.419 e. The highest BCUT2D eigenvalue weighted by Crippen LogP contribution is 2.37. The second-order valence-corrected chi connectivity index (χ2v) is 6.48. The summed E-state index contributed by atoms with van der Waals surface area (Å²) in [6.07, 6.45) is -2.84. The van der Waals surface area contributed by atoms with E-state index in [1.807, 2.05) is 4.90 Å². The van der Waals surface area contributed by atoms with Gasteiger partial charge in [-0.1, -0.05) is 23.5 Å². The molecule has 0 saturated carbocycles. The predicted octanol–water partition coefficient (Wildman–Crippen LogP) is 3.61.